The molecule has 1 N–H and O–H groups in total. The van der Waals surface area contributed by atoms with Crippen molar-refractivity contribution in [3.63, 3.8) is 0 Å². The third kappa shape index (κ3) is 4.08. The van der Waals surface area contributed by atoms with Gasteiger partial charge in [-0.2, -0.15) is 0 Å². The van der Waals surface area contributed by atoms with Crippen molar-refractivity contribution >= 4 is 40.9 Å². The third-order valence-electron chi connectivity index (χ3n) is 5.38. The molecule has 2 aromatic carbocycles. The highest BCUT2D eigenvalue weighted by Gasteiger charge is 2.41. The van der Waals surface area contributed by atoms with Crippen LogP contribution in [0.2, 0.25) is 0 Å². The molecule has 1 saturated heterocycles. The summed E-state index contributed by atoms with van der Waals surface area (Å²) in [6.45, 7) is 3.96. The minimum atomic E-state index is -0.432. The van der Waals surface area contributed by atoms with Crippen molar-refractivity contribution in [3.05, 3.63) is 53.6 Å². The Morgan fingerprint density at radius 3 is 2.52 bits per heavy atom. The Labute approximate surface area is 174 Å². The third-order valence-corrected chi connectivity index (χ3v) is 6.58. The summed E-state index contributed by atoms with van der Waals surface area (Å²) in [5.41, 5.74) is 3.45. The summed E-state index contributed by atoms with van der Waals surface area (Å²) >= 11 is 1.40. The lowest BCUT2D eigenvalue weighted by Gasteiger charge is -2.20. The molecule has 1 heterocycles. The number of hydrogen-bond acceptors (Lipinski definition) is 4. The van der Waals surface area contributed by atoms with Gasteiger partial charge in [-0.3, -0.25) is 14.4 Å². The van der Waals surface area contributed by atoms with E-state index in [1.807, 2.05) is 56.3 Å². The fourth-order valence-electron chi connectivity index (χ4n) is 3.63. The molecule has 1 saturated carbocycles. The van der Waals surface area contributed by atoms with Crippen LogP contribution in [0.3, 0.4) is 0 Å². The first-order valence-corrected chi connectivity index (χ1v) is 10.9. The highest BCUT2D eigenvalue weighted by atomic mass is 32.2. The lowest BCUT2D eigenvalue weighted by atomic mass is 10.0. The number of nitrogens with one attached hydrogen (secondary N) is 1. The lowest BCUT2D eigenvalue weighted by molar-refractivity contribution is -0.121. The van der Waals surface area contributed by atoms with Gasteiger partial charge >= 0.3 is 0 Å². The van der Waals surface area contributed by atoms with E-state index in [-0.39, 0.29) is 30.1 Å². The van der Waals surface area contributed by atoms with Crippen LogP contribution in [0.25, 0.3) is 0 Å². The van der Waals surface area contributed by atoms with Crippen LogP contribution in [-0.4, -0.2) is 23.0 Å². The Bertz CT molecular complexity index is 967. The number of rotatable bonds is 6. The average molecular weight is 409 g/mol. The molecular formula is C23H24N2O3S. The van der Waals surface area contributed by atoms with Crippen LogP contribution in [-0.2, 0) is 20.8 Å². The second-order valence-electron chi connectivity index (χ2n) is 7.60. The minimum absolute atomic E-state index is 0.0718. The monoisotopic (exact) mass is 408 g/mol. The number of amides is 3. The Hall–Kier alpha value is -2.60. The maximum atomic E-state index is 13.1. The second-order valence-corrected chi connectivity index (χ2v) is 8.88. The number of carbonyl (C=O) groups is 3. The number of benzene rings is 2. The van der Waals surface area contributed by atoms with Crippen molar-refractivity contribution < 1.29 is 14.4 Å². The molecule has 0 radical (unpaired) electrons. The summed E-state index contributed by atoms with van der Waals surface area (Å²) < 4.78 is 0. The largest absolute Gasteiger partial charge is 0.326 e. The van der Waals surface area contributed by atoms with Gasteiger partial charge in [-0.15, -0.1) is 11.8 Å². The standard InChI is InChI=1S/C23H24N2O3S/c1-3-15-6-4-5-14(2)21(15)25-20(26)13-19(23(25)28)29-18-11-9-17(10-12-18)24-22(27)16-7-8-16/h4-6,9-12,16,19H,3,7-8,13H2,1-2H3,(H,24,27)/t19-/m1/s1. The molecule has 1 atom stereocenters. The van der Waals surface area contributed by atoms with E-state index < -0.39 is 5.25 Å². The summed E-state index contributed by atoms with van der Waals surface area (Å²) in [6.07, 6.45) is 2.89. The van der Waals surface area contributed by atoms with Gasteiger partial charge in [-0.25, -0.2) is 4.90 Å². The van der Waals surface area contributed by atoms with E-state index in [1.54, 1.807) is 0 Å². The Balaban J connectivity index is 1.47. The highest BCUT2D eigenvalue weighted by molar-refractivity contribution is 8.00. The zero-order valence-electron chi connectivity index (χ0n) is 16.6. The summed E-state index contributed by atoms with van der Waals surface area (Å²) in [6, 6.07) is 13.3. The lowest BCUT2D eigenvalue weighted by Crippen LogP contribution is -2.32. The molecule has 2 aliphatic rings. The number of hydrogen-bond donors (Lipinski definition) is 1. The van der Waals surface area contributed by atoms with E-state index >= 15 is 0 Å². The van der Waals surface area contributed by atoms with Crippen LogP contribution in [0, 0.1) is 12.8 Å². The van der Waals surface area contributed by atoms with Crippen molar-refractivity contribution in [3.8, 4) is 0 Å². The van der Waals surface area contributed by atoms with E-state index in [4.69, 9.17) is 0 Å². The maximum absolute atomic E-state index is 13.1. The molecule has 0 unspecified atom stereocenters. The van der Waals surface area contributed by atoms with Crippen molar-refractivity contribution in [2.45, 2.75) is 49.7 Å². The summed E-state index contributed by atoms with van der Waals surface area (Å²) in [5.74, 6) is -0.0749. The molecule has 29 heavy (non-hydrogen) atoms. The first kappa shape index (κ1) is 19.7. The molecule has 3 amide bonds. The topological polar surface area (TPSA) is 66.5 Å². The van der Waals surface area contributed by atoms with E-state index in [0.717, 1.165) is 46.7 Å². The van der Waals surface area contributed by atoms with Crippen LogP contribution >= 0.6 is 11.8 Å². The van der Waals surface area contributed by atoms with Gasteiger partial charge in [0.15, 0.2) is 0 Å². The zero-order valence-corrected chi connectivity index (χ0v) is 17.4. The van der Waals surface area contributed by atoms with Crippen LogP contribution < -0.4 is 10.2 Å². The van der Waals surface area contributed by atoms with Gasteiger partial charge in [0.1, 0.15) is 0 Å². The molecule has 0 aromatic heterocycles. The molecular weight excluding hydrogens is 384 g/mol. The first-order valence-electron chi connectivity index (χ1n) is 10.0. The number of aryl methyl sites for hydroxylation is 2. The summed E-state index contributed by atoms with van der Waals surface area (Å²) in [4.78, 5) is 39.9. The van der Waals surface area contributed by atoms with Gasteiger partial charge in [0.05, 0.1) is 10.9 Å². The Morgan fingerprint density at radius 1 is 1.14 bits per heavy atom. The number of thioether (sulfide) groups is 1. The van der Waals surface area contributed by atoms with E-state index in [0.29, 0.717) is 0 Å². The van der Waals surface area contributed by atoms with Gasteiger partial charge in [0, 0.05) is 22.9 Å². The van der Waals surface area contributed by atoms with Crippen molar-refractivity contribution in [1.82, 2.24) is 0 Å². The summed E-state index contributed by atoms with van der Waals surface area (Å²) in [5, 5.41) is 2.48. The highest BCUT2D eigenvalue weighted by Crippen LogP contribution is 2.37. The number of imide groups is 1. The predicted octanol–water partition coefficient (Wildman–Crippen LogP) is 4.33. The molecule has 0 spiro atoms. The van der Waals surface area contributed by atoms with Gasteiger partial charge in [-0.05, 0) is 61.6 Å². The quantitative estimate of drug-likeness (QED) is 0.723. The number of nitrogens with zero attached hydrogens (tertiary/aromatic N) is 1. The average Bonchev–Trinajstić information content (AvgIpc) is 3.52. The van der Waals surface area contributed by atoms with Gasteiger partial charge in [-0.1, -0.05) is 25.1 Å². The maximum Gasteiger partial charge on any atom is 0.247 e. The molecule has 2 aromatic rings. The molecule has 1 aliphatic carbocycles. The number of anilines is 2. The molecule has 2 fully saturated rings. The van der Waals surface area contributed by atoms with E-state index in [2.05, 4.69) is 5.32 Å². The Morgan fingerprint density at radius 2 is 1.86 bits per heavy atom. The van der Waals surface area contributed by atoms with Crippen molar-refractivity contribution in [2.24, 2.45) is 5.92 Å². The van der Waals surface area contributed by atoms with Crippen molar-refractivity contribution in [1.29, 1.82) is 0 Å². The van der Waals surface area contributed by atoms with Gasteiger partial charge < -0.3 is 5.32 Å². The second kappa shape index (κ2) is 8.03. The molecule has 0 bridgehead atoms. The number of para-hydroxylation sites is 1. The molecule has 150 valence electrons. The van der Waals surface area contributed by atoms with Crippen molar-refractivity contribution in [2.75, 3.05) is 10.2 Å². The first-order chi connectivity index (χ1) is 14.0. The molecule has 5 nitrogen and oxygen atoms in total. The van der Waals surface area contributed by atoms with Gasteiger partial charge in [0.25, 0.3) is 0 Å². The fraction of sp³-hybridized carbons (Fsp3) is 0.348. The predicted molar refractivity (Wildman–Crippen MR) is 115 cm³/mol. The van der Waals surface area contributed by atoms with Crippen LogP contribution in [0.15, 0.2) is 47.4 Å². The smallest absolute Gasteiger partial charge is 0.247 e. The van der Waals surface area contributed by atoms with Crippen LogP contribution in [0.1, 0.15) is 37.3 Å². The SMILES string of the molecule is CCc1cccc(C)c1N1C(=O)C[C@@H](Sc2ccc(NC(=O)C3CC3)cc2)C1=O. The number of carbonyl (C=O) groups excluding carboxylic acids is 3. The van der Waals surface area contributed by atoms with E-state index in [1.165, 1.54) is 16.7 Å². The van der Waals surface area contributed by atoms with Crippen LogP contribution in [0.5, 0.6) is 0 Å². The summed E-state index contributed by atoms with van der Waals surface area (Å²) in [7, 11) is 0. The van der Waals surface area contributed by atoms with Gasteiger partial charge in [0.2, 0.25) is 17.7 Å². The fourth-order valence-corrected chi connectivity index (χ4v) is 4.68. The molecule has 6 heteroatoms. The van der Waals surface area contributed by atoms with E-state index in [9.17, 15) is 14.4 Å². The molecule has 4 rings (SSSR count). The Kier molecular flexibility index (Phi) is 5.46. The zero-order chi connectivity index (χ0) is 20.5. The molecule has 1 aliphatic heterocycles. The minimum Gasteiger partial charge on any atom is -0.326 e. The normalized spacial score (nSPS) is 19.0. The van der Waals surface area contributed by atoms with Crippen LogP contribution in [0.4, 0.5) is 11.4 Å².